The van der Waals surface area contributed by atoms with Crippen LogP contribution in [0.4, 0.5) is 0 Å². The molecule has 0 amide bonds. The van der Waals surface area contributed by atoms with Crippen molar-refractivity contribution in [2.45, 2.75) is 19.4 Å². The van der Waals surface area contributed by atoms with Gasteiger partial charge in [0.1, 0.15) is 11.5 Å². The van der Waals surface area contributed by atoms with Crippen molar-refractivity contribution in [3.05, 3.63) is 60.2 Å². The van der Waals surface area contributed by atoms with E-state index in [1.165, 1.54) is 5.56 Å². The summed E-state index contributed by atoms with van der Waals surface area (Å²) in [5.41, 5.74) is 1.23. The Morgan fingerprint density at radius 3 is 2.56 bits per heavy atom. The Hall–Kier alpha value is -2.69. The molecule has 2 rings (SSSR count). The number of methoxy groups -OCH3 is 1. The molecule has 2 aromatic carbocycles. The van der Waals surface area contributed by atoms with E-state index in [1.807, 2.05) is 42.5 Å². The zero-order valence-corrected chi connectivity index (χ0v) is 15.2. The molecule has 1 unspecified atom stereocenters. The Bertz CT molecular complexity index is 659. The fourth-order valence-electron chi connectivity index (χ4n) is 2.38. The minimum absolute atomic E-state index is 0.195. The van der Waals surface area contributed by atoms with Gasteiger partial charge in [0, 0.05) is 19.7 Å². The number of aliphatic imine (C=N–C) groups is 1. The second-order valence-electron chi connectivity index (χ2n) is 5.66. The summed E-state index contributed by atoms with van der Waals surface area (Å²) in [5, 5.41) is 6.70. The Balaban J connectivity index is 1.69. The lowest BCUT2D eigenvalue weighted by molar-refractivity contribution is 0.308. The van der Waals surface area contributed by atoms with Gasteiger partial charge in [0.05, 0.1) is 19.8 Å². The summed E-state index contributed by atoms with van der Waals surface area (Å²) in [7, 11) is 3.43. The van der Waals surface area contributed by atoms with Gasteiger partial charge in [0.15, 0.2) is 5.96 Å². The zero-order chi connectivity index (χ0) is 17.9. The van der Waals surface area contributed by atoms with Crippen LogP contribution in [0, 0.1) is 0 Å². The summed E-state index contributed by atoms with van der Waals surface area (Å²) in [4.78, 5) is 4.27. The van der Waals surface area contributed by atoms with Crippen LogP contribution in [-0.4, -0.2) is 33.3 Å². The lowest BCUT2D eigenvalue weighted by atomic mass is 10.1. The van der Waals surface area contributed by atoms with E-state index in [2.05, 4.69) is 34.7 Å². The summed E-state index contributed by atoms with van der Waals surface area (Å²) < 4.78 is 10.9. The van der Waals surface area contributed by atoms with Crippen LogP contribution in [0.15, 0.2) is 59.6 Å². The van der Waals surface area contributed by atoms with Crippen LogP contribution < -0.4 is 20.1 Å². The van der Waals surface area contributed by atoms with E-state index in [0.717, 1.165) is 30.4 Å². The second kappa shape index (κ2) is 10.2. The van der Waals surface area contributed by atoms with E-state index in [-0.39, 0.29) is 6.04 Å². The molecule has 0 bridgehead atoms. The molecule has 0 spiro atoms. The summed E-state index contributed by atoms with van der Waals surface area (Å²) in [6, 6.07) is 18.1. The molecule has 0 saturated heterocycles. The third-order valence-electron chi connectivity index (χ3n) is 3.80. The number of hydrogen-bond acceptors (Lipinski definition) is 3. The van der Waals surface area contributed by atoms with Crippen LogP contribution >= 0.6 is 0 Å². The largest absolute Gasteiger partial charge is 0.497 e. The highest BCUT2D eigenvalue weighted by Gasteiger charge is 2.06. The molecule has 1 atom stereocenters. The highest BCUT2D eigenvalue weighted by molar-refractivity contribution is 5.80. The fourth-order valence-corrected chi connectivity index (χ4v) is 2.38. The molecule has 0 saturated carbocycles. The van der Waals surface area contributed by atoms with Crippen molar-refractivity contribution in [2.75, 3.05) is 27.3 Å². The summed E-state index contributed by atoms with van der Waals surface area (Å²) in [6.07, 6.45) is 0.873. The lowest BCUT2D eigenvalue weighted by Gasteiger charge is -2.18. The molecule has 2 N–H and O–H groups in total. The van der Waals surface area contributed by atoms with Crippen molar-refractivity contribution < 1.29 is 9.47 Å². The van der Waals surface area contributed by atoms with Crippen LogP contribution in [0.25, 0.3) is 0 Å². The Labute approximate surface area is 150 Å². The third-order valence-corrected chi connectivity index (χ3v) is 3.80. The van der Waals surface area contributed by atoms with Crippen LogP contribution in [0.2, 0.25) is 0 Å². The average molecular weight is 341 g/mol. The molecule has 0 heterocycles. The summed E-state index contributed by atoms with van der Waals surface area (Å²) in [6.45, 7) is 3.53. The number of guanidine groups is 1. The van der Waals surface area contributed by atoms with Gasteiger partial charge < -0.3 is 20.1 Å². The Morgan fingerprint density at radius 1 is 1.08 bits per heavy atom. The van der Waals surface area contributed by atoms with E-state index >= 15 is 0 Å². The lowest BCUT2D eigenvalue weighted by Crippen LogP contribution is -2.39. The second-order valence-corrected chi connectivity index (χ2v) is 5.66. The molecule has 0 fully saturated rings. The molecule has 2 aromatic rings. The SMILES string of the molecule is CN=C(NCCCOc1cccc(OC)c1)NC(C)c1ccccc1. The zero-order valence-electron chi connectivity index (χ0n) is 15.2. The molecule has 5 heteroatoms. The van der Waals surface area contributed by atoms with Gasteiger partial charge in [-0.15, -0.1) is 0 Å². The van der Waals surface area contributed by atoms with Gasteiger partial charge in [-0.05, 0) is 31.0 Å². The van der Waals surface area contributed by atoms with Crippen LogP contribution in [0.5, 0.6) is 11.5 Å². The van der Waals surface area contributed by atoms with Crippen molar-refractivity contribution in [3.8, 4) is 11.5 Å². The first-order chi connectivity index (χ1) is 12.2. The van der Waals surface area contributed by atoms with Crippen molar-refractivity contribution >= 4 is 5.96 Å². The highest BCUT2D eigenvalue weighted by Crippen LogP contribution is 2.18. The first-order valence-corrected chi connectivity index (χ1v) is 8.52. The molecule has 0 aromatic heterocycles. The molecule has 0 aliphatic carbocycles. The molecular formula is C20H27N3O2. The predicted octanol–water partition coefficient (Wildman–Crippen LogP) is 3.39. The Morgan fingerprint density at radius 2 is 1.84 bits per heavy atom. The summed E-state index contributed by atoms with van der Waals surface area (Å²) >= 11 is 0. The number of nitrogens with one attached hydrogen (secondary N) is 2. The predicted molar refractivity (Wildman–Crippen MR) is 102 cm³/mol. The number of ether oxygens (including phenoxy) is 2. The number of hydrogen-bond donors (Lipinski definition) is 2. The maximum absolute atomic E-state index is 5.73. The monoisotopic (exact) mass is 341 g/mol. The van der Waals surface area contributed by atoms with Gasteiger partial charge in [-0.25, -0.2) is 0 Å². The maximum Gasteiger partial charge on any atom is 0.191 e. The van der Waals surface area contributed by atoms with Gasteiger partial charge in [0.2, 0.25) is 0 Å². The van der Waals surface area contributed by atoms with Crippen molar-refractivity contribution in [3.63, 3.8) is 0 Å². The van der Waals surface area contributed by atoms with E-state index in [0.29, 0.717) is 6.61 Å². The fraction of sp³-hybridized carbons (Fsp3) is 0.350. The molecular weight excluding hydrogens is 314 g/mol. The first kappa shape index (κ1) is 18.6. The molecule has 25 heavy (non-hydrogen) atoms. The van der Waals surface area contributed by atoms with Gasteiger partial charge in [0.25, 0.3) is 0 Å². The van der Waals surface area contributed by atoms with Crippen LogP contribution in [0.3, 0.4) is 0 Å². The van der Waals surface area contributed by atoms with E-state index in [1.54, 1.807) is 14.2 Å². The molecule has 134 valence electrons. The average Bonchev–Trinajstić information content (AvgIpc) is 2.67. The Kier molecular flexibility index (Phi) is 7.63. The van der Waals surface area contributed by atoms with E-state index in [4.69, 9.17) is 9.47 Å². The number of rotatable bonds is 8. The minimum Gasteiger partial charge on any atom is -0.497 e. The molecule has 5 nitrogen and oxygen atoms in total. The van der Waals surface area contributed by atoms with Crippen molar-refractivity contribution in [1.29, 1.82) is 0 Å². The molecule has 0 aliphatic heterocycles. The standard InChI is InChI=1S/C20H27N3O2/c1-16(17-9-5-4-6-10-17)23-20(21-2)22-13-8-14-25-19-12-7-11-18(15-19)24-3/h4-7,9-12,15-16H,8,13-14H2,1-3H3,(H2,21,22,23). The van der Waals surface area contributed by atoms with Crippen molar-refractivity contribution in [2.24, 2.45) is 4.99 Å². The van der Waals surface area contributed by atoms with Gasteiger partial charge in [-0.1, -0.05) is 36.4 Å². The highest BCUT2D eigenvalue weighted by atomic mass is 16.5. The van der Waals surface area contributed by atoms with Gasteiger partial charge >= 0.3 is 0 Å². The van der Waals surface area contributed by atoms with Crippen LogP contribution in [-0.2, 0) is 0 Å². The number of benzene rings is 2. The van der Waals surface area contributed by atoms with E-state index in [9.17, 15) is 0 Å². The minimum atomic E-state index is 0.195. The topological polar surface area (TPSA) is 54.9 Å². The van der Waals surface area contributed by atoms with Crippen LogP contribution in [0.1, 0.15) is 24.9 Å². The normalized spacial score (nSPS) is 12.4. The van der Waals surface area contributed by atoms with Gasteiger partial charge in [-0.3, -0.25) is 4.99 Å². The smallest absolute Gasteiger partial charge is 0.191 e. The summed E-state index contributed by atoms with van der Waals surface area (Å²) in [5.74, 6) is 2.41. The molecule has 0 aliphatic rings. The molecule has 0 radical (unpaired) electrons. The third kappa shape index (κ3) is 6.37. The van der Waals surface area contributed by atoms with E-state index < -0.39 is 0 Å². The maximum atomic E-state index is 5.73. The van der Waals surface area contributed by atoms with Crippen molar-refractivity contribution in [1.82, 2.24) is 10.6 Å². The first-order valence-electron chi connectivity index (χ1n) is 8.52. The van der Waals surface area contributed by atoms with Gasteiger partial charge in [-0.2, -0.15) is 0 Å². The number of nitrogens with zero attached hydrogens (tertiary/aromatic N) is 1. The quantitative estimate of drug-likeness (QED) is 0.439.